The van der Waals surface area contributed by atoms with Crippen molar-refractivity contribution in [3.8, 4) is 0 Å². The summed E-state index contributed by atoms with van der Waals surface area (Å²) < 4.78 is 10.6. The first-order chi connectivity index (χ1) is 15.1. The third-order valence-corrected chi connectivity index (χ3v) is 5.76. The van der Waals surface area contributed by atoms with E-state index in [2.05, 4.69) is 13.8 Å². The maximum absolute atomic E-state index is 11.7. The number of alkyl halides is 1. The molecule has 0 unspecified atom stereocenters. The Balaban J connectivity index is 3.26. The first-order valence-corrected chi connectivity index (χ1v) is 13.5. The van der Waals surface area contributed by atoms with E-state index in [1.807, 2.05) is 0 Å². The molecule has 0 N–H and O–H groups in total. The lowest BCUT2D eigenvalue weighted by atomic mass is 10.1. The molecule has 0 amide bonds. The maximum atomic E-state index is 11.7. The summed E-state index contributed by atoms with van der Waals surface area (Å²) in [5.74, 6) is 1.33. The van der Waals surface area contributed by atoms with Crippen LogP contribution < -0.4 is 0 Å². The van der Waals surface area contributed by atoms with E-state index in [-0.39, 0.29) is 11.9 Å². The van der Waals surface area contributed by atoms with Crippen molar-refractivity contribution in [2.45, 2.75) is 129 Å². The van der Waals surface area contributed by atoms with Gasteiger partial charge in [0.25, 0.3) is 0 Å². The molecule has 0 radical (unpaired) electrons. The van der Waals surface area contributed by atoms with Crippen LogP contribution in [0.2, 0.25) is 0 Å². The second-order valence-electron chi connectivity index (χ2n) is 9.12. The number of unbranched alkanes of at least 4 members (excludes halogenated alkanes) is 12. The molecule has 184 valence electrons. The fraction of sp³-hybridized carbons (Fsp3) is 0.923. The Morgan fingerprint density at radius 3 is 1.42 bits per heavy atom. The summed E-state index contributed by atoms with van der Waals surface area (Å²) in [6.07, 6.45) is 18.8. The van der Waals surface area contributed by atoms with E-state index in [4.69, 9.17) is 21.1 Å². The van der Waals surface area contributed by atoms with Gasteiger partial charge in [-0.1, -0.05) is 78.1 Å². The summed E-state index contributed by atoms with van der Waals surface area (Å²) in [6, 6.07) is 0. The molecule has 0 saturated carbocycles. The molecule has 0 atom stereocenters. The molecule has 4 nitrogen and oxygen atoms in total. The van der Waals surface area contributed by atoms with Crippen LogP contribution in [0, 0.1) is 5.92 Å². The second kappa shape index (κ2) is 23.9. The largest absolute Gasteiger partial charge is 0.466 e. The van der Waals surface area contributed by atoms with Crippen LogP contribution in [0.15, 0.2) is 0 Å². The van der Waals surface area contributed by atoms with Crippen LogP contribution in [0.3, 0.4) is 0 Å². The van der Waals surface area contributed by atoms with Gasteiger partial charge in [-0.2, -0.15) is 0 Å². The maximum Gasteiger partial charge on any atom is 0.305 e. The highest BCUT2D eigenvalue weighted by molar-refractivity contribution is 6.17. The highest BCUT2D eigenvalue weighted by Gasteiger charge is 2.04. The van der Waals surface area contributed by atoms with Crippen LogP contribution in [-0.2, 0) is 19.1 Å². The lowest BCUT2D eigenvalue weighted by Gasteiger charge is -2.07. The average molecular weight is 461 g/mol. The van der Waals surface area contributed by atoms with Gasteiger partial charge in [0.2, 0.25) is 0 Å². The zero-order valence-electron chi connectivity index (χ0n) is 20.4. The Bertz CT molecular complexity index is 412. The van der Waals surface area contributed by atoms with Crippen LogP contribution in [0.1, 0.15) is 129 Å². The Labute approximate surface area is 197 Å². The minimum Gasteiger partial charge on any atom is -0.466 e. The molecular weight excluding hydrogens is 412 g/mol. The van der Waals surface area contributed by atoms with Gasteiger partial charge in [-0.15, -0.1) is 11.6 Å². The summed E-state index contributed by atoms with van der Waals surface area (Å²) in [4.78, 5) is 23.4. The molecule has 0 rings (SSSR count). The van der Waals surface area contributed by atoms with Crippen molar-refractivity contribution in [1.29, 1.82) is 0 Å². The fourth-order valence-electron chi connectivity index (χ4n) is 3.51. The van der Waals surface area contributed by atoms with Crippen LogP contribution in [0.25, 0.3) is 0 Å². The SMILES string of the molecule is CC(C)CCCOC(=O)CCCCCCCCC(=O)OCCCCCCCCCCCl. The molecule has 0 aromatic rings. The standard InChI is InChI=1S/C26H49ClO4/c1-24(2)18-17-23-31-26(29)20-14-10-6-5-9-13-19-25(28)30-22-16-12-8-4-3-7-11-15-21-27/h24H,3-23H2,1-2H3. The van der Waals surface area contributed by atoms with E-state index in [1.165, 1.54) is 32.1 Å². The molecule has 0 bridgehead atoms. The lowest BCUT2D eigenvalue weighted by Crippen LogP contribution is -2.06. The van der Waals surface area contributed by atoms with Gasteiger partial charge in [0.15, 0.2) is 0 Å². The number of esters is 2. The zero-order chi connectivity index (χ0) is 23.0. The summed E-state index contributed by atoms with van der Waals surface area (Å²) in [6.45, 7) is 5.49. The lowest BCUT2D eigenvalue weighted by molar-refractivity contribution is -0.144. The molecule has 5 heteroatoms. The van der Waals surface area contributed by atoms with Crippen molar-refractivity contribution in [1.82, 2.24) is 0 Å². The van der Waals surface area contributed by atoms with Gasteiger partial charge < -0.3 is 9.47 Å². The summed E-state index contributed by atoms with van der Waals surface area (Å²) >= 11 is 5.67. The third kappa shape index (κ3) is 25.4. The number of rotatable bonds is 23. The second-order valence-corrected chi connectivity index (χ2v) is 9.49. The van der Waals surface area contributed by atoms with Gasteiger partial charge in [0, 0.05) is 18.7 Å². The van der Waals surface area contributed by atoms with Gasteiger partial charge in [0.1, 0.15) is 0 Å². The number of hydrogen-bond acceptors (Lipinski definition) is 4. The van der Waals surface area contributed by atoms with Crippen LogP contribution in [0.4, 0.5) is 0 Å². The molecule has 31 heavy (non-hydrogen) atoms. The summed E-state index contributed by atoms with van der Waals surface area (Å²) in [7, 11) is 0. The van der Waals surface area contributed by atoms with Crippen molar-refractivity contribution in [3.63, 3.8) is 0 Å². The summed E-state index contributed by atoms with van der Waals surface area (Å²) in [5.41, 5.74) is 0. The number of carbonyl (C=O) groups excluding carboxylic acids is 2. The Morgan fingerprint density at radius 1 is 0.581 bits per heavy atom. The highest BCUT2D eigenvalue weighted by Crippen LogP contribution is 2.11. The van der Waals surface area contributed by atoms with Crippen LogP contribution in [0.5, 0.6) is 0 Å². The first-order valence-electron chi connectivity index (χ1n) is 12.9. The smallest absolute Gasteiger partial charge is 0.305 e. The van der Waals surface area contributed by atoms with Gasteiger partial charge in [-0.3, -0.25) is 9.59 Å². The quantitative estimate of drug-likeness (QED) is 0.0880. The van der Waals surface area contributed by atoms with Crippen LogP contribution >= 0.6 is 11.6 Å². The molecule has 0 aliphatic rings. The van der Waals surface area contributed by atoms with Gasteiger partial charge in [-0.25, -0.2) is 0 Å². The van der Waals surface area contributed by atoms with E-state index in [9.17, 15) is 9.59 Å². The van der Waals surface area contributed by atoms with Gasteiger partial charge in [0.05, 0.1) is 13.2 Å². The highest BCUT2D eigenvalue weighted by atomic mass is 35.5. The Hall–Kier alpha value is -0.770. The Kier molecular flexibility index (Phi) is 23.3. The van der Waals surface area contributed by atoms with Gasteiger partial charge >= 0.3 is 11.9 Å². The molecule has 0 heterocycles. The zero-order valence-corrected chi connectivity index (χ0v) is 21.2. The normalized spacial score (nSPS) is 11.1. The predicted molar refractivity (Wildman–Crippen MR) is 131 cm³/mol. The van der Waals surface area contributed by atoms with E-state index in [0.717, 1.165) is 76.5 Å². The van der Waals surface area contributed by atoms with Crippen molar-refractivity contribution in [3.05, 3.63) is 0 Å². The van der Waals surface area contributed by atoms with E-state index < -0.39 is 0 Å². The summed E-state index contributed by atoms with van der Waals surface area (Å²) in [5, 5.41) is 0. The molecule has 0 aromatic heterocycles. The van der Waals surface area contributed by atoms with E-state index in [0.29, 0.717) is 32.0 Å². The molecular formula is C26H49ClO4. The fourth-order valence-corrected chi connectivity index (χ4v) is 3.70. The minimum absolute atomic E-state index is 0.0544. The number of carbonyl (C=O) groups is 2. The van der Waals surface area contributed by atoms with Crippen molar-refractivity contribution < 1.29 is 19.1 Å². The Morgan fingerprint density at radius 2 is 0.968 bits per heavy atom. The minimum atomic E-state index is -0.0613. The van der Waals surface area contributed by atoms with Crippen LogP contribution in [-0.4, -0.2) is 31.0 Å². The van der Waals surface area contributed by atoms with E-state index >= 15 is 0 Å². The average Bonchev–Trinajstić information content (AvgIpc) is 2.74. The molecule has 0 spiro atoms. The molecule has 0 aromatic carbocycles. The monoisotopic (exact) mass is 460 g/mol. The molecule has 0 saturated heterocycles. The van der Waals surface area contributed by atoms with E-state index in [1.54, 1.807) is 0 Å². The number of ether oxygens (including phenoxy) is 2. The predicted octanol–water partition coefficient (Wildman–Crippen LogP) is 7.99. The van der Waals surface area contributed by atoms with Crippen molar-refractivity contribution in [2.75, 3.05) is 19.1 Å². The third-order valence-electron chi connectivity index (χ3n) is 5.49. The molecule has 0 aliphatic heterocycles. The van der Waals surface area contributed by atoms with Crippen molar-refractivity contribution >= 4 is 23.5 Å². The topological polar surface area (TPSA) is 52.6 Å². The first kappa shape index (κ1) is 30.2. The number of hydrogen-bond donors (Lipinski definition) is 0. The van der Waals surface area contributed by atoms with Gasteiger partial charge in [-0.05, 0) is 44.4 Å². The van der Waals surface area contributed by atoms with Crippen molar-refractivity contribution in [2.24, 2.45) is 5.92 Å². The molecule has 0 aliphatic carbocycles. The number of halogens is 1. The molecule has 0 fully saturated rings.